The van der Waals surface area contributed by atoms with Crippen LogP contribution in [0, 0.1) is 5.92 Å². The summed E-state index contributed by atoms with van der Waals surface area (Å²) in [7, 11) is 3.30. The lowest BCUT2D eigenvalue weighted by Crippen LogP contribution is -2.11. The van der Waals surface area contributed by atoms with Gasteiger partial charge in [-0.05, 0) is 30.0 Å². The highest BCUT2D eigenvalue weighted by Crippen LogP contribution is 2.26. The Labute approximate surface area is 97.0 Å². The van der Waals surface area contributed by atoms with E-state index < -0.39 is 6.10 Å². The Morgan fingerprint density at radius 3 is 2.69 bits per heavy atom. The lowest BCUT2D eigenvalue weighted by Gasteiger charge is -2.19. The topological polar surface area (TPSA) is 38.7 Å². The van der Waals surface area contributed by atoms with Crippen molar-refractivity contribution in [1.82, 2.24) is 0 Å². The highest BCUT2D eigenvalue weighted by atomic mass is 16.5. The third-order valence-corrected chi connectivity index (χ3v) is 2.75. The zero-order valence-electron chi connectivity index (χ0n) is 10.1. The number of hydrogen-bond donors (Lipinski definition) is 1. The minimum atomic E-state index is -0.467. The van der Waals surface area contributed by atoms with Gasteiger partial charge in [0.1, 0.15) is 5.75 Å². The van der Waals surface area contributed by atoms with Crippen LogP contribution in [0.4, 0.5) is 0 Å². The molecule has 0 aliphatic rings. The Morgan fingerprint density at radius 2 is 2.06 bits per heavy atom. The highest BCUT2D eigenvalue weighted by molar-refractivity contribution is 5.29. The van der Waals surface area contributed by atoms with Gasteiger partial charge in [0.05, 0.1) is 13.2 Å². The van der Waals surface area contributed by atoms with Gasteiger partial charge in [0.2, 0.25) is 0 Å². The van der Waals surface area contributed by atoms with E-state index in [1.807, 2.05) is 31.2 Å². The average molecular weight is 224 g/mol. The SMILES string of the molecule is COCCC(C)C(O)c1cccc(OC)c1. The van der Waals surface area contributed by atoms with Crippen LogP contribution in [0.25, 0.3) is 0 Å². The van der Waals surface area contributed by atoms with Crippen LogP contribution < -0.4 is 4.74 Å². The van der Waals surface area contributed by atoms with E-state index in [1.165, 1.54) is 0 Å². The molecular formula is C13H20O3. The molecule has 0 bridgehead atoms. The first-order valence-corrected chi connectivity index (χ1v) is 5.50. The van der Waals surface area contributed by atoms with E-state index in [0.29, 0.717) is 6.61 Å². The van der Waals surface area contributed by atoms with Crippen molar-refractivity contribution in [3.8, 4) is 5.75 Å². The highest BCUT2D eigenvalue weighted by Gasteiger charge is 2.16. The first-order chi connectivity index (χ1) is 7.69. The van der Waals surface area contributed by atoms with Crippen LogP contribution in [0.1, 0.15) is 25.0 Å². The summed E-state index contributed by atoms with van der Waals surface area (Å²) in [4.78, 5) is 0. The molecule has 0 spiro atoms. The van der Waals surface area contributed by atoms with Crippen molar-refractivity contribution < 1.29 is 14.6 Å². The Bertz CT molecular complexity index is 312. The summed E-state index contributed by atoms with van der Waals surface area (Å²) in [5.74, 6) is 0.947. The fourth-order valence-electron chi connectivity index (χ4n) is 1.62. The summed E-state index contributed by atoms with van der Waals surface area (Å²) >= 11 is 0. The Morgan fingerprint density at radius 1 is 1.31 bits per heavy atom. The number of ether oxygens (including phenoxy) is 2. The van der Waals surface area contributed by atoms with Gasteiger partial charge in [0.15, 0.2) is 0 Å². The van der Waals surface area contributed by atoms with Gasteiger partial charge in [0.25, 0.3) is 0 Å². The molecule has 0 radical (unpaired) electrons. The van der Waals surface area contributed by atoms with Gasteiger partial charge in [-0.1, -0.05) is 19.1 Å². The van der Waals surface area contributed by atoms with Gasteiger partial charge in [-0.25, -0.2) is 0 Å². The summed E-state index contributed by atoms with van der Waals surface area (Å²) in [6.07, 6.45) is 0.375. The molecule has 3 nitrogen and oxygen atoms in total. The molecule has 1 aromatic rings. The van der Waals surface area contributed by atoms with Gasteiger partial charge in [-0.2, -0.15) is 0 Å². The second-order valence-electron chi connectivity index (χ2n) is 3.98. The molecule has 3 heteroatoms. The zero-order valence-corrected chi connectivity index (χ0v) is 10.1. The fourth-order valence-corrected chi connectivity index (χ4v) is 1.62. The third kappa shape index (κ3) is 3.51. The maximum absolute atomic E-state index is 10.1. The van der Waals surface area contributed by atoms with E-state index in [2.05, 4.69) is 0 Å². The molecule has 16 heavy (non-hydrogen) atoms. The van der Waals surface area contributed by atoms with Gasteiger partial charge >= 0.3 is 0 Å². The maximum Gasteiger partial charge on any atom is 0.119 e. The molecule has 2 unspecified atom stereocenters. The van der Waals surface area contributed by atoms with Crippen LogP contribution in [0.3, 0.4) is 0 Å². The molecule has 0 amide bonds. The summed E-state index contributed by atoms with van der Waals surface area (Å²) < 4.78 is 10.1. The van der Waals surface area contributed by atoms with Crippen molar-refractivity contribution in [2.75, 3.05) is 20.8 Å². The summed E-state index contributed by atoms with van der Waals surface area (Å²) in [5, 5.41) is 10.1. The molecule has 1 aromatic carbocycles. The summed E-state index contributed by atoms with van der Waals surface area (Å²) in [6, 6.07) is 7.54. The molecule has 90 valence electrons. The fraction of sp³-hybridized carbons (Fsp3) is 0.538. The summed E-state index contributed by atoms with van der Waals surface area (Å²) in [6.45, 7) is 2.69. The smallest absolute Gasteiger partial charge is 0.119 e. The van der Waals surface area contributed by atoms with Crippen molar-refractivity contribution >= 4 is 0 Å². The Balaban J connectivity index is 2.67. The molecular weight excluding hydrogens is 204 g/mol. The molecule has 0 aromatic heterocycles. The normalized spacial score (nSPS) is 14.5. The quantitative estimate of drug-likeness (QED) is 0.806. The molecule has 0 saturated heterocycles. The molecule has 2 atom stereocenters. The largest absolute Gasteiger partial charge is 0.497 e. The second kappa shape index (κ2) is 6.51. The minimum Gasteiger partial charge on any atom is -0.497 e. The number of methoxy groups -OCH3 is 2. The Kier molecular flexibility index (Phi) is 5.29. The van der Waals surface area contributed by atoms with Crippen molar-refractivity contribution in [2.45, 2.75) is 19.4 Å². The maximum atomic E-state index is 10.1. The van der Waals surface area contributed by atoms with Crippen LogP contribution in [-0.2, 0) is 4.74 Å². The van der Waals surface area contributed by atoms with Crippen LogP contribution >= 0.6 is 0 Å². The molecule has 0 aliphatic heterocycles. The van der Waals surface area contributed by atoms with Gasteiger partial charge in [0, 0.05) is 13.7 Å². The van der Waals surface area contributed by atoms with Crippen molar-refractivity contribution in [2.24, 2.45) is 5.92 Å². The van der Waals surface area contributed by atoms with Crippen molar-refractivity contribution in [3.05, 3.63) is 29.8 Å². The van der Waals surface area contributed by atoms with Crippen LogP contribution in [0.2, 0.25) is 0 Å². The zero-order chi connectivity index (χ0) is 12.0. The molecule has 1 N–H and O–H groups in total. The van der Waals surface area contributed by atoms with Crippen LogP contribution in [-0.4, -0.2) is 25.9 Å². The average Bonchev–Trinajstić information content (AvgIpc) is 2.35. The number of aliphatic hydroxyl groups excluding tert-OH is 1. The minimum absolute atomic E-state index is 0.173. The molecule has 0 aliphatic carbocycles. The lowest BCUT2D eigenvalue weighted by molar-refractivity contribution is 0.0884. The molecule has 0 fully saturated rings. The third-order valence-electron chi connectivity index (χ3n) is 2.75. The predicted molar refractivity (Wildman–Crippen MR) is 63.6 cm³/mol. The molecule has 0 heterocycles. The van der Waals surface area contributed by atoms with Gasteiger partial charge in [-0.3, -0.25) is 0 Å². The standard InChI is InChI=1S/C13H20O3/c1-10(7-8-15-2)13(14)11-5-4-6-12(9-11)16-3/h4-6,9-10,13-14H,7-8H2,1-3H3. The number of hydrogen-bond acceptors (Lipinski definition) is 3. The van der Waals surface area contributed by atoms with Gasteiger partial charge < -0.3 is 14.6 Å². The summed E-state index contributed by atoms with van der Waals surface area (Å²) in [5.41, 5.74) is 0.892. The van der Waals surface area contributed by atoms with Crippen LogP contribution in [0.5, 0.6) is 5.75 Å². The first-order valence-electron chi connectivity index (χ1n) is 5.50. The van der Waals surface area contributed by atoms with E-state index in [9.17, 15) is 5.11 Å². The van der Waals surface area contributed by atoms with E-state index in [4.69, 9.17) is 9.47 Å². The van der Waals surface area contributed by atoms with Crippen molar-refractivity contribution in [1.29, 1.82) is 0 Å². The van der Waals surface area contributed by atoms with E-state index in [-0.39, 0.29) is 5.92 Å². The van der Waals surface area contributed by atoms with Gasteiger partial charge in [-0.15, -0.1) is 0 Å². The van der Waals surface area contributed by atoms with E-state index in [0.717, 1.165) is 17.7 Å². The molecule has 1 rings (SSSR count). The Hall–Kier alpha value is -1.06. The number of rotatable bonds is 6. The van der Waals surface area contributed by atoms with Crippen LogP contribution in [0.15, 0.2) is 24.3 Å². The number of aliphatic hydroxyl groups is 1. The lowest BCUT2D eigenvalue weighted by atomic mass is 9.95. The van der Waals surface area contributed by atoms with Crippen molar-refractivity contribution in [3.63, 3.8) is 0 Å². The van der Waals surface area contributed by atoms with E-state index in [1.54, 1.807) is 14.2 Å². The first kappa shape index (κ1) is 13.0. The van der Waals surface area contributed by atoms with E-state index >= 15 is 0 Å². The number of benzene rings is 1. The predicted octanol–water partition coefficient (Wildman–Crippen LogP) is 2.40. The second-order valence-corrected chi connectivity index (χ2v) is 3.98. The molecule has 0 saturated carbocycles. The monoisotopic (exact) mass is 224 g/mol.